The molecule has 0 heterocycles. The van der Waals surface area contributed by atoms with Crippen molar-refractivity contribution in [2.24, 2.45) is 22.5 Å². The number of hydrogen-bond acceptors (Lipinski definition) is 1. The van der Waals surface area contributed by atoms with Gasteiger partial charge in [0.15, 0.2) is 0 Å². The summed E-state index contributed by atoms with van der Waals surface area (Å²) in [6.07, 6.45) is 2.61. The van der Waals surface area contributed by atoms with Crippen LogP contribution in [0.5, 0.6) is 0 Å². The van der Waals surface area contributed by atoms with Crippen LogP contribution in [0.3, 0.4) is 0 Å². The number of fused-ring (bicyclic) bond motifs is 1. The van der Waals surface area contributed by atoms with E-state index >= 15 is 0 Å². The summed E-state index contributed by atoms with van der Waals surface area (Å²) in [6.45, 7) is 6.96. The van der Waals surface area contributed by atoms with Gasteiger partial charge in [0, 0.05) is 6.04 Å². The van der Waals surface area contributed by atoms with Gasteiger partial charge in [0.05, 0.1) is 0 Å². The molecule has 0 saturated heterocycles. The predicted octanol–water partition coefficient (Wildman–Crippen LogP) is 1.77. The molecule has 2 N–H and O–H groups in total. The first-order valence-corrected chi connectivity index (χ1v) is 4.40. The molecular formula is C9H17N. The topological polar surface area (TPSA) is 26.0 Å². The van der Waals surface area contributed by atoms with Crippen LogP contribution in [-0.4, -0.2) is 6.04 Å². The molecule has 0 amide bonds. The van der Waals surface area contributed by atoms with Crippen LogP contribution in [0.2, 0.25) is 0 Å². The monoisotopic (exact) mass is 139 g/mol. The zero-order valence-electron chi connectivity index (χ0n) is 7.15. The van der Waals surface area contributed by atoms with Crippen molar-refractivity contribution in [2.45, 2.75) is 39.7 Å². The number of hydrogen-bond donors (Lipinski definition) is 1. The second kappa shape index (κ2) is 1.42. The Balaban J connectivity index is 2.13. The van der Waals surface area contributed by atoms with Gasteiger partial charge in [0.2, 0.25) is 0 Å². The van der Waals surface area contributed by atoms with Crippen LogP contribution < -0.4 is 5.73 Å². The fraction of sp³-hybridized carbons (Fsp3) is 1.00. The highest BCUT2D eigenvalue weighted by Gasteiger charge is 2.89. The molecule has 0 spiro atoms. The summed E-state index contributed by atoms with van der Waals surface area (Å²) in [7, 11) is 0. The van der Waals surface area contributed by atoms with Gasteiger partial charge in [0.1, 0.15) is 0 Å². The summed E-state index contributed by atoms with van der Waals surface area (Å²) in [6, 6.07) is 0.558. The van der Waals surface area contributed by atoms with Crippen molar-refractivity contribution >= 4 is 0 Å². The molecule has 2 fully saturated rings. The van der Waals surface area contributed by atoms with Crippen LogP contribution in [0.15, 0.2) is 0 Å². The summed E-state index contributed by atoms with van der Waals surface area (Å²) in [4.78, 5) is 0. The second-order valence-electron chi connectivity index (χ2n) is 4.17. The van der Waals surface area contributed by atoms with E-state index in [0.29, 0.717) is 16.9 Å². The van der Waals surface area contributed by atoms with Gasteiger partial charge >= 0.3 is 0 Å². The summed E-state index contributed by atoms with van der Waals surface area (Å²) in [5.74, 6) is 0.884. The molecule has 0 radical (unpaired) electrons. The SMILES string of the molecule is CCC1(C)C2C(N)C21CC. The molecule has 2 aliphatic carbocycles. The van der Waals surface area contributed by atoms with Crippen molar-refractivity contribution in [3.05, 3.63) is 0 Å². The minimum absolute atomic E-state index is 0.558. The van der Waals surface area contributed by atoms with Gasteiger partial charge < -0.3 is 5.73 Å². The van der Waals surface area contributed by atoms with Crippen molar-refractivity contribution in [1.82, 2.24) is 0 Å². The maximum atomic E-state index is 5.91. The molecular weight excluding hydrogens is 122 g/mol. The van der Waals surface area contributed by atoms with Crippen LogP contribution in [0.4, 0.5) is 0 Å². The molecule has 0 aromatic rings. The third-order valence-corrected chi connectivity index (χ3v) is 4.39. The summed E-state index contributed by atoms with van der Waals surface area (Å²) < 4.78 is 0. The first-order chi connectivity index (χ1) is 4.65. The van der Waals surface area contributed by atoms with Crippen molar-refractivity contribution in [1.29, 1.82) is 0 Å². The molecule has 4 unspecified atom stereocenters. The van der Waals surface area contributed by atoms with Crippen LogP contribution in [-0.2, 0) is 0 Å². The Kier molecular flexibility index (Phi) is 0.949. The molecule has 0 aromatic carbocycles. The molecule has 1 heteroatoms. The van der Waals surface area contributed by atoms with Crippen LogP contribution >= 0.6 is 0 Å². The normalized spacial score (nSPS) is 63.6. The third kappa shape index (κ3) is 0.355. The Morgan fingerprint density at radius 2 is 1.90 bits per heavy atom. The Morgan fingerprint density at radius 3 is 2.00 bits per heavy atom. The smallest absolute Gasteiger partial charge is 0.0144 e. The molecule has 10 heavy (non-hydrogen) atoms. The van der Waals surface area contributed by atoms with E-state index in [4.69, 9.17) is 5.73 Å². The third-order valence-electron chi connectivity index (χ3n) is 4.39. The lowest BCUT2D eigenvalue weighted by Crippen LogP contribution is -2.29. The Morgan fingerprint density at radius 1 is 1.30 bits per heavy atom. The zero-order valence-corrected chi connectivity index (χ0v) is 7.15. The fourth-order valence-corrected chi connectivity index (χ4v) is 3.39. The highest BCUT2D eigenvalue weighted by atomic mass is 15.0. The van der Waals surface area contributed by atoms with E-state index in [1.165, 1.54) is 12.8 Å². The van der Waals surface area contributed by atoms with E-state index in [1.807, 2.05) is 0 Å². The first-order valence-electron chi connectivity index (χ1n) is 4.40. The number of nitrogens with two attached hydrogens (primary N) is 1. The second-order valence-corrected chi connectivity index (χ2v) is 4.17. The summed E-state index contributed by atoms with van der Waals surface area (Å²) in [5, 5.41) is 0. The van der Waals surface area contributed by atoms with E-state index in [1.54, 1.807) is 0 Å². The average Bonchev–Trinajstić information content (AvgIpc) is 2.75. The zero-order chi connectivity index (χ0) is 7.57. The Bertz CT molecular complexity index is 178. The van der Waals surface area contributed by atoms with Crippen molar-refractivity contribution in [2.75, 3.05) is 0 Å². The first kappa shape index (κ1) is 6.66. The molecule has 58 valence electrons. The minimum Gasteiger partial charge on any atom is -0.327 e. The molecule has 2 saturated carbocycles. The van der Waals surface area contributed by atoms with Crippen molar-refractivity contribution in [3.8, 4) is 0 Å². The lowest BCUT2D eigenvalue weighted by atomic mass is 9.83. The quantitative estimate of drug-likeness (QED) is 0.620. The Labute approximate surface area is 63.0 Å². The molecule has 0 aromatic heterocycles. The van der Waals surface area contributed by atoms with Crippen LogP contribution in [0, 0.1) is 16.7 Å². The van der Waals surface area contributed by atoms with Gasteiger partial charge in [-0.1, -0.05) is 20.8 Å². The van der Waals surface area contributed by atoms with E-state index in [9.17, 15) is 0 Å². The fourth-order valence-electron chi connectivity index (χ4n) is 3.39. The summed E-state index contributed by atoms with van der Waals surface area (Å²) >= 11 is 0. The minimum atomic E-state index is 0.558. The van der Waals surface area contributed by atoms with Gasteiger partial charge in [-0.15, -0.1) is 0 Å². The van der Waals surface area contributed by atoms with Crippen LogP contribution in [0.1, 0.15) is 33.6 Å². The Hall–Kier alpha value is -0.0400. The largest absolute Gasteiger partial charge is 0.327 e. The highest BCUT2D eigenvalue weighted by Crippen LogP contribution is 2.89. The molecule has 1 nitrogen and oxygen atoms in total. The van der Waals surface area contributed by atoms with Crippen molar-refractivity contribution < 1.29 is 0 Å². The molecule has 0 bridgehead atoms. The van der Waals surface area contributed by atoms with Gasteiger partial charge in [0.25, 0.3) is 0 Å². The van der Waals surface area contributed by atoms with Gasteiger partial charge in [-0.3, -0.25) is 0 Å². The molecule has 0 aliphatic heterocycles. The van der Waals surface area contributed by atoms with E-state index in [-0.39, 0.29) is 0 Å². The maximum Gasteiger partial charge on any atom is 0.0144 e. The van der Waals surface area contributed by atoms with Gasteiger partial charge in [-0.05, 0) is 29.6 Å². The van der Waals surface area contributed by atoms with Gasteiger partial charge in [-0.25, -0.2) is 0 Å². The molecule has 2 aliphatic rings. The van der Waals surface area contributed by atoms with Crippen LogP contribution in [0.25, 0.3) is 0 Å². The van der Waals surface area contributed by atoms with E-state index in [0.717, 1.165) is 5.92 Å². The van der Waals surface area contributed by atoms with E-state index < -0.39 is 0 Å². The molecule has 4 atom stereocenters. The predicted molar refractivity (Wildman–Crippen MR) is 42.6 cm³/mol. The molecule has 2 rings (SSSR count). The standard InChI is InChI=1S/C9H17N/c1-4-8(3)6-7(10)9(6,8)5-2/h6-7H,4-5,10H2,1-3H3. The van der Waals surface area contributed by atoms with Crippen molar-refractivity contribution in [3.63, 3.8) is 0 Å². The lowest BCUT2D eigenvalue weighted by Gasteiger charge is -2.24. The summed E-state index contributed by atoms with van der Waals surface area (Å²) in [5.41, 5.74) is 7.15. The number of rotatable bonds is 2. The highest BCUT2D eigenvalue weighted by molar-refractivity contribution is 5.40. The maximum absolute atomic E-state index is 5.91. The van der Waals surface area contributed by atoms with E-state index in [2.05, 4.69) is 20.8 Å². The lowest BCUT2D eigenvalue weighted by molar-refractivity contribution is 0.280. The van der Waals surface area contributed by atoms with Gasteiger partial charge in [-0.2, -0.15) is 0 Å². The average molecular weight is 139 g/mol.